The van der Waals surface area contributed by atoms with Gasteiger partial charge >= 0.3 is 5.97 Å². The number of amides is 2. The first-order valence-corrected chi connectivity index (χ1v) is 12.2. The first kappa shape index (κ1) is 23.7. The Labute approximate surface area is 209 Å². The Morgan fingerprint density at radius 3 is 2.14 bits per heavy atom. The van der Waals surface area contributed by atoms with Gasteiger partial charge in [0.1, 0.15) is 0 Å². The summed E-state index contributed by atoms with van der Waals surface area (Å²) in [6.07, 6.45) is 2.23. The molecule has 5 rings (SSSR count). The van der Waals surface area contributed by atoms with Crippen molar-refractivity contribution in [2.24, 2.45) is 11.8 Å². The molecule has 1 saturated carbocycles. The average molecular weight is 482 g/mol. The highest BCUT2D eigenvalue weighted by atomic mass is 16.5. The first-order chi connectivity index (χ1) is 17.4. The fraction of sp³-hybridized carbons (Fsp3) is 0.267. The Morgan fingerprint density at radius 1 is 0.806 bits per heavy atom. The molecule has 3 aromatic rings. The van der Waals surface area contributed by atoms with Crippen LogP contribution in [0.3, 0.4) is 0 Å². The van der Waals surface area contributed by atoms with E-state index in [4.69, 9.17) is 4.74 Å². The number of imide groups is 1. The van der Waals surface area contributed by atoms with Crippen molar-refractivity contribution in [3.05, 3.63) is 101 Å². The Bertz CT molecular complexity index is 1300. The summed E-state index contributed by atoms with van der Waals surface area (Å²) in [6.45, 7) is 1.56. The second-order valence-corrected chi connectivity index (χ2v) is 9.56. The molecule has 1 aliphatic carbocycles. The molecule has 0 bridgehead atoms. The van der Waals surface area contributed by atoms with Crippen LogP contribution in [0.25, 0.3) is 0 Å². The lowest BCUT2D eigenvalue weighted by Gasteiger charge is -2.28. The largest absolute Gasteiger partial charge is 0.454 e. The maximum Gasteiger partial charge on any atom is 0.338 e. The Kier molecular flexibility index (Phi) is 6.51. The molecular weight excluding hydrogens is 454 g/mol. The number of carbonyl (C=O) groups is 4. The van der Waals surface area contributed by atoms with Crippen molar-refractivity contribution >= 4 is 29.3 Å². The van der Waals surface area contributed by atoms with Crippen LogP contribution in [-0.4, -0.2) is 30.2 Å². The van der Waals surface area contributed by atoms with Gasteiger partial charge in [-0.3, -0.25) is 19.3 Å². The third kappa shape index (κ3) is 4.59. The normalized spacial score (nSPS) is 21.2. The first-order valence-electron chi connectivity index (χ1n) is 12.2. The molecule has 1 heterocycles. The number of benzene rings is 3. The number of carbonyl (C=O) groups excluding carboxylic acids is 4. The molecule has 6 nitrogen and oxygen atoms in total. The Balaban J connectivity index is 1.23. The summed E-state index contributed by atoms with van der Waals surface area (Å²) in [4.78, 5) is 52.4. The highest BCUT2D eigenvalue weighted by Crippen LogP contribution is 2.45. The molecule has 6 heteroatoms. The number of aryl methyl sites for hydroxylation is 1. The lowest BCUT2D eigenvalue weighted by atomic mass is 9.73. The zero-order chi connectivity index (χ0) is 25.2. The van der Waals surface area contributed by atoms with Crippen LogP contribution >= 0.6 is 0 Å². The highest BCUT2D eigenvalue weighted by Gasteiger charge is 2.50. The SMILES string of the molecule is Cc1ccc(C(=O)COC(=O)c2ccc(N3C(=O)[C@@H]4CC[C@@H](c5ccccc5)C[C@H]4C3=O)cc2)cc1. The summed E-state index contributed by atoms with van der Waals surface area (Å²) >= 11 is 0. The van der Waals surface area contributed by atoms with Crippen LogP contribution in [0.5, 0.6) is 0 Å². The van der Waals surface area contributed by atoms with E-state index < -0.39 is 5.97 Å². The van der Waals surface area contributed by atoms with Crippen LogP contribution in [0, 0.1) is 18.8 Å². The summed E-state index contributed by atoms with van der Waals surface area (Å²) in [5, 5.41) is 0. The standard InChI is InChI=1S/C30H27NO5/c1-19-7-9-21(10-8-19)27(32)18-36-30(35)22-11-14-24(15-12-22)31-28(33)25-16-13-23(17-26(25)29(31)34)20-5-3-2-4-6-20/h2-12,14-15,23,25-26H,13,16-18H2,1H3/t23-,25-,26-/m1/s1. The molecule has 0 radical (unpaired) electrons. The number of ketones is 1. The van der Waals surface area contributed by atoms with E-state index >= 15 is 0 Å². The Morgan fingerprint density at radius 2 is 1.44 bits per heavy atom. The number of hydrogen-bond donors (Lipinski definition) is 0. The molecule has 36 heavy (non-hydrogen) atoms. The molecule has 2 fully saturated rings. The smallest absolute Gasteiger partial charge is 0.338 e. The summed E-state index contributed by atoms with van der Waals surface area (Å²) in [6, 6.07) is 23.4. The number of esters is 1. The second kappa shape index (κ2) is 9.90. The van der Waals surface area contributed by atoms with Gasteiger partial charge in [0.15, 0.2) is 12.4 Å². The zero-order valence-corrected chi connectivity index (χ0v) is 20.1. The molecule has 0 aromatic heterocycles. The minimum Gasteiger partial charge on any atom is -0.454 e. The predicted octanol–water partition coefficient (Wildman–Crippen LogP) is 5.11. The van der Waals surface area contributed by atoms with Crippen molar-refractivity contribution in [1.29, 1.82) is 0 Å². The number of hydrogen-bond acceptors (Lipinski definition) is 5. The van der Waals surface area contributed by atoms with E-state index in [1.165, 1.54) is 22.6 Å². The van der Waals surface area contributed by atoms with Crippen molar-refractivity contribution in [2.45, 2.75) is 32.1 Å². The number of anilines is 1. The van der Waals surface area contributed by atoms with Gasteiger partial charge in [-0.1, -0.05) is 60.2 Å². The number of nitrogens with zero attached hydrogens (tertiary/aromatic N) is 1. The van der Waals surface area contributed by atoms with Crippen LogP contribution in [0.1, 0.15) is 57.0 Å². The highest BCUT2D eigenvalue weighted by molar-refractivity contribution is 6.22. The van der Waals surface area contributed by atoms with Gasteiger partial charge in [0.25, 0.3) is 0 Å². The zero-order valence-electron chi connectivity index (χ0n) is 20.1. The molecule has 3 atom stereocenters. The van der Waals surface area contributed by atoms with Gasteiger partial charge < -0.3 is 4.74 Å². The van der Waals surface area contributed by atoms with Crippen molar-refractivity contribution in [2.75, 3.05) is 11.5 Å². The van der Waals surface area contributed by atoms with E-state index in [9.17, 15) is 19.2 Å². The molecule has 2 aliphatic rings. The average Bonchev–Trinajstić information content (AvgIpc) is 3.17. The topological polar surface area (TPSA) is 80.8 Å². The van der Waals surface area contributed by atoms with Gasteiger partial charge in [0.05, 0.1) is 23.1 Å². The van der Waals surface area contributed by atoms with Crippen LogP contribution in [0.4, 0.5) is 5.69 Å². The fourth-order valence-corrected chi connectivity index (χ4v) is 5.25. The third-order valence-corrected chi connectivity index (χ3v) is 7.27. The molecule has 182 valence electrons. The summed E-state index contributed by atoms with van der Waals surface area (Å²) in [7, 11) is 0. The number of Topliss-reactive ketones (excluding diaryl/α,β-unsaturated/α-hetero) is 1. The Hall–Kier alpha value is -4.06. The monoisotopic (exact) mass is 481 g/mol. The lowest BCUT2D eigenvalue weighted by molar-refractivity contribution is -0.122. The van der Waals surface area contributed by atoms with Crippen LogP contribution < -0.4 is 4.90 Å². The van der Waals surface area contributed by atoms with E-state index in [2.05, 4.69) is 12.1 Å². The van der Waals surface area contributed by atoms with Gasteiger partial charge in [-0.25, -0.2) is 4.79 Å². The maximum absolute atomic E-state index is 13.3. The van der Waals surface area contributed by atoms with Gasteiger partial charge in [-0.2, -0.15) is 0 Å². The van der Waals surface area contributed by atoms with Gasteiger partial charge in [-0.05, 0) is 61.9 Å². The number of fused-ring (bicyclic) bond motifs is 1. The van der Waals surface area contributed by atoms with Gasteiger partial charge in [0.2, 0.25) is 11.8 Å². The molecule has 2 amide bonds. The van der Waals surface area contributed by atoms with Gasteiger partial charge in [0, 0.05) is 5.56 Å². The summed E-state index contributed by atoms with van der Waals surface area (Å²) in [5.74, 6) is -1.63. The minimum absolute atomic E-state index is 0.171. The van der Waals surface area contributed by atoms with Crippen LogP contribution in [0.2, 0.25) is 0 Å². The third-order valence-electron chi connectivity index (χ3n) is 7.27. The second-order valence-electron chi connectivity index (χ2n) is 9.56. The fourth-order valence-electron chi connectivity index (χ4n) is 5.25. The van der Waals surface area contributed by atoms with E-state index in [1.54, 1.807) is 24.3 Å². The molecule has 0 unspecified atom stereocenters. The quantitative estimate of drug-likeness (QED) is 0.278. The van der Waals surface area contributed by atoms with Crippen LogP contribution in [0.15, 0.2) is 78.9 Å². The molecule has 1 saturated heterocycles. The van der Waals surface area contributed by atoms with E-state index in [0.717, 1.165) is 12.0 Å². The summed E-state index contributed by atoms with van der Waals surface area (Å²) < 4.78 is 5.18. The molecule has 0 spiro atoms. The van der Waals surface area contributed by atoms with Crippen molar-refractivity contribution in [3.8, 4) is 0 Å². The maximum atomic E-state index is 13.3. The van der Waals surface area contributed by atoms with Crippen molar-refractivity contribution in [3.63, 3.8) is 0 Å². The van der Waals surface area contributed by atoms with Crippen molar-refractivity contribution in [1.82, 2.24) is 0 Å². The molecule has 3 aromatic carbocycles. The molecule has 0 N–H and O–H groups in total. The van der Waals surface area contributed by atoms with E-state index in [-0.39, 0.29) is 47.5 Å². The van der Waals surface area contributed by atoms with E-state index in [0.29, 0.717) is 24.1 Å². The predicted molar refractivity (Wildman–Crippen MR) is 135 cm³/mol. The minimum atomic E-state index is -0.638. The lowest BCUT2D eigenvalue weighted by Crippen LogP contribution is -2.30. The van der Waals surface area contributed by atoms with Gasteiger partial charge in [-0.15, -0.1) is 0 Å². The number of ether oxygens (including phenoxy) is 1. The van der Waals surface area contributed by atoms with Crippen LogP contribution in [-0.2, 0) is 14.3 Å². The number of rotatable bonds is 6. The van der Waals surface area contributed by atoms with E-state index in [1.807, 2.05) is 37.3 Å². The summed E-state index contributed by atoms with van der Waals surface area (Å²) in [5.41, 5.74) is 3.41. The molecular formula is C30H27NO5. The molecule has 1 aliphatic heterocycles. The van der Waals surface area contributed by atoms with Crippen molar-refractivity contribution < 1.29 is 23.9 Å².